The van der Waals surface area contributed by atoms with E-state index in [2.05, 4.69) is 10.0 Å². The van der Waals surface area contributed by atoms with Crippen LogP contribution in [0.1, 0.15) is 12.0 Å². The molecule has 0 unspecified atom stereocenters. The van der Waals surface area contributed by atoms with Gasteiger partial charge in [-0.25, -0.2) is 12.8 Å². The molecule has 0 saturated carbocycles. The van der Waals surface area contributed by atoms with E-state index in [1.54, 1.807) is 20.0 Å². The SMILES string of the molecule is CNCCCS(=O)(=O)Nc1cccc(F)c1C. The maximum absolute atomic E-state index is 13.2. The van der Waals surface area contributed by atoms with Gasteiger partial charge >= 0.3 is 0 Å². The monoisotopic (exact) mass is 260 g/mol. The lowest BCUT2D eigenvalue weighted by Crippen LogP contribution is -2.20. The van der Waals surface area contributed by atoms with E-state index in [9.17, 15) is 12.8 Å². The Kier molecular flexibility index (Phi) is 4.89. The van der Waals surface area contributed by atoms with Gasteiger partial charge in [0.15, 0.2) is 0 Å². The predicted octanol–water partition coefficient (Wildman–Crippen LogP) is 1.49. The molecule has 0 spiro atoms. The van der Waals surface area contributed by atoms with E-state index in [1.807, 2.05) is 0 Å². The maximum atomic E-state index is 13.2. The van der Waals surface area contributed by atoms with Crippen molar-refractivity contribution in [2.75, 3.05) is 24.1 Å². The second-order valence-corrected chi connectivity index (χ2v) is 5.63. The normalized spacial score (nSPS) is 11.5. The molecule has 1 rings (SSSR count). The molecule has 0 heterocycles. The predicted molar refractivity (Wildman–Crippen MR) is 67.1 cm³/mol. The van der Waals surface area contributed by atoms with Gasteiger partial charge in [-0.3, -0.25) is 4.72 Å². The Morgan fingerprint density at radius 2 is 2.06 bits per heavy atom. The first-order valence-corrected chi connectivity index (χ1v) is 7.01. The molecule has 0 saturated heterocycles. The number of anilines is 1. The summed E-state index contributed by atoms with van der Waals surface area (Å²) in [5, 5.41) is 2.87. The van der Waals surface area contributed by atoms with Crippen molar-refractivity contribution >= 4 is 15.7 Å². The van der Waals surface area contributed by atoms with Gasteiger partial charge in [-0.05, 0) is 39.1 Å². The van der Waals surface area contributed by atoms with Gasteiger partial charge < -0.3 is 5.32 Å². The van der Waals surface area contributed by atoms with E-state index in [0.29, 0.717) is 24.2 Å². The lowest BCUT2D eigenvalue weighted by molar-refractivity contribution is 0.596. The summed E-state index contributed by atoms with van der Waals surface area (Å²) in [6, 6.07) is 4.33. The molecule has 2 N–H and O–H groups in total. The minimum Gasteiger partial charge on any atom is -0.320 e. The Morgan fingerprint density at radius 3 is 2.71 bits per heavy atom. The average molecular weight is 260 g/mol. The van der Waals surface area contributed by atoms with Gasteiger partial charge in [-0.15, -0.1) is 0 Å². The first kappa shape index (κ1) is 13.9. The molecule has 17 heavy (non-hydrogen) atoms. The smallest absolute Gasteiger partial charge is 0.232 e. The van der Waals surface area contributed by atoms with Crippen molar-refractivity contribution in [2.24, 2.45) is 0 Å². The van der Waals surface area contributed by atoms with Crippen LogP contribution in [0.25, 0.3) is 0 Å². The van der Waals surface area contributed by atoms with E-state index < -0.39 is 15.8 Å². The van der Waals surface area contributed by atoms with E-state index in [4.69, 9.17) is 0 Å². The minimum atomic E-state index is -3.40. The zero-order valence-electron chi connectivity index (χ0n) is 9.96. The molecular weight excluding hydrogens is 243 g/mol. The third-order valence-electron chi connectivity index (χ3n) is 2.37. The fourth-order valence-corrected chi connectivity index (χ4v) is 2.56. The van der Waals surface area contributed by atoms with Crippen LogP contribution in [0.5, 0.6) is 0 Å². The van der Waals surface area contributed by atoms with Crippen LogP contribution in [0.2, 0.25) is 0 Å². The number of halogens is 1. The standard InChI is InChI=1S/C11H17FN2O2S/c1-9-10(12)5-3-6-11(9)14-17(15,16)8-4-7-13-2/h3,5-6,13-14H,4,7-8H2,1-2H3. The lowest BCUT2D eigenvalue weighted by atomic mass is 10.2. The van der Waals surface area contributed by atoms with Crippen molar-refractivity contribution in [3.63, 3.8) is 0 Å². The Morgan fingerprint density at radius 1 is 1.35 bits per heavy atom. The highest BCUT2D eigenvalue weighted by atomic mass is 32.2. The van der Waals surface area contributed by atoms with Gasteiger partial charge in [0.2, 0.25) is 10.0 Å². The molecule has 4 nitrogen and oxygen atoms in total. The summed E-state index contributed by atoms with van der Waals surface area (Å²) in [5.74, 6) is -0.399. The van der Waals surface area contributed by atoms with Crippen molar-refractivity contribution < 1.29 is 12.8 Å². The second-order valence-electron chi connectivity index (χ2n) is 3.79. The number of sulfonamides is 1. The lowest BCUT2D eigenvalue weighted by Gasteiger charge is -2.10. The van der Waals surface area contributed by atoms with E-state index in [-0.39, 0.29) is 5.75 Å². The quantitative estimate of drug-likeness (QED) is 0.762. The van der Waals surface area contributed by atoms with Crippen LogP contribution in [0.3, 0.4) is 0 Å². The van der Waals surface area contributed by atoms with Crippen LogP contribution in [-0.4, -0.2) is 27.8 Å². The highest BCUT2D eigenvalue weighted by molar-refractivity contribution is 7.92. The van der Waals surface area contributed by atoms with E-state index >= 15 is 0 Å². The summed E-state index contributed by atoms with van der Waals surface area (Å²) < 4.78 is 39.0. The van der Waals surface area contributed by atoms with Gasteiger partial charge in [0.25, 0.3) is 0 Å². The molecule has 0 aliphatic heterocycles. The molecular formula is C11H17FN2O2S. The molecule has 1 aromatic carbocycles. The molecule has 0 aromatic heterocycles. The zero-order valence-corrected chi connectivity index (χ0v) is 10.8. The second kappa shape index (κ2) is 5.97. The van der Waals surface area contributed by atoms with Gasteiger partial charge in [-0.2, -0.15) is 0 Å². The van der Waals surface area contributed by atoms with Crippen molar-refractivity contribution in [1.82, 2.24) is 5.32 Å². The molecule has 0 amide bonds. The third-order valence-corrected chi connectivity index (χ3v) is 3.73. The highest BCUT2D eigenvalue weighted by Crippen LogP contribution is 2.18. The fourth-order valence-electron chi connectivity index (χ4n) is 1.38. The van der Waals surface area contributed by atoms with E-state index in [0.717, 1.165) is 0 Å². The van der Waals surface area contributed by atoms with Crippen LogP contribution in [0.15, 0.2) is 18.2 Å². The minimum absolute atomic E-state index is 0.0177. The van der Waals surface area contributed by atoms with Crippen molar-refractivity contribution in [1.29, 1.82) is 0 Å². The Balaban J connectivity index is 2.73. The van der Waals surface area contributed by atoms with Crippen molar-refractivity contribution in [2.45, 2.75) is 13.3 Å². The molecule has 1 aromatic rings. The number of hydrogen-bond acceptors (Lipinski definition) is 3. The van der Waals surface area contributed by atoms with Crippen LogP contribution < -0.4 is 10.0 Å². The summed E-state index contributed by atoms with van der Waals surface area (Å²) >= 11 is 0. The molecule has 6 heteroatoms. The Labute approximate surface area is 101 Å². The first-order valence-electron chi connectivity index (χ1n) is 5.36. The summed E-state index contributed by atoms with van der Waals surface area (Å²) in [5.41, 5.74) is 0.610. The molecule has 96 valence electrons. The number of benzene rings is 1. The highest BCUT2D eigenvalue weighted by Gasteiger charge is 2.12. The van der Waals surface area contributed by atoms with Gasteiger partial charge in [-0.1, -0.05) is 6.07 Å². The van der Waals surface area contributed by atoms with Gasteiger partial charge in [0, 0.05) is 5.56 Å². The Bertz CT molecular complexity index is 474. The molecule has 0 bridgehead atoms. The summed E-state index contributed by atoms with van der Waals surface area (Å²) in [4.78, 5) is 0. The summed E-state index contributed by atoms with van der Waals surface area (Å²) in [7, 11) is -1.64. The fraction of sp³-hybridized carbons (Fsp3) is 0.455. The number of nitrogens with one attached hydrogen (secondary N) is 2. The van der Waals surface area contributed by atoms with Crippen LogP contribution in [0, 0.1) is 12.7 Å². The van der Waals surface area contributed by atoms with Crippen LogP contribution >= 0.6 is 0 Å². The molecule has 0 aliphatic carbocycles. The topological polar surface area (TPSA) is 58.2 Å². The van der Waals surface area contributed by atoms with Crippen LogP contribution in [-0.2, 0) is 10.0 Å². The Hall–Kier alpha value is -1.14. The maximum Gasteiger partial charge on any atom is 0.232 e. The third kappa shape index (κ3) is 4.32. The van der Waals surface area contributed by atoms with Crippen molar-refractivity contribution in [3.8, 4) is 0 Å². The molecule has 0 aliphatic rings. The molecule has 0 radical (unpaired) electrons. The number of hydrogen-bond donors (Lipinski definition) is 2. The number of rotatable bonds is 6. The zero-order chi connectivity index (χ0) is 12.9. The average Bonchev–Trinajstić information content (AvgIpc) is 2.25. The summed E-state index contributed by atoms with van der Waals surface area (Å²) in [6.07, 6.45) is 0.514. The van der Waals surface area contributed by atoms with Gasteiger partial charge in [0.1, 0.15) is 5.82 Å². The van der Waals surface area contributed by atoms with Crippen LogP contribution in [0.4, 0.5) is 10.1 Å². The first-order chi connectivity index (χ1) is 7.96. The summed E-state index contributed by atoms with van der Waals surface area (Å²) in [6.45, 7) is 2.17. The molecule has 0 atom stereocenters. The van der Waals surface area contributed by atoms with Gasteiger partial charge in [0.05, 0.1) is 11.4 Å². The largest absolute Gasteiger partial charge is 0.320 e. The molecule has 0 fully saturated rings. The van der Waals surface area contributed by atoms with E-state index in [1.165, 1.54) is 12.1 Å². The van der Waals surface area contributed by atoms with Crippen molar-refractivity contribution in [3.05, 3.63) is 29.6 Å².